The Kier molecular flexibility index (Phi) is 12.3. The Labute approximate surface area is 191 Å². The van der Waals surface area contributed by atoms with Crippen molar-refractivity contribution >= 4 is 41.7 Å². The van der Waals surface area contributed by atoms with Crippen LogP contribution >= 0.6 is 35.7 Å². The van der Waals surface area contributed by atoms with Gasteiger partial charge >= 0.3 is 0 Å². The molecule has 0 bridgehead atoms. The Morgan fingerprint density at radius 1 is 1.21 bits per heavy atom. The maximum absolute atomic E-state index is 5.79. The molecule has 0 unspecified atom stereocenters. The van der Waals surface area contributed by atoms with E-state index in [1.807, 2.05) is 18.7 Å². The van der Waals surface area contributed by atoms with Gasteiger partial charge in [0.05, 0.1) is 13.2 Å². The Hall–Kier alpha value is -0.670. The normalized spacial score (nSPS) is 16.2. The molecule has 0 aromatic heterocycles. The highest BCUT2D eigenvalue weighted by Crippen LogP contribution is 2.34. The molecular formula is C21H36IN3O2S. The number of hydrogen-bond acceptors (Lipinski definition) is 4. The van der Waals surface area contributed by atoms with Crippen molar-refractivity contribution < 1.29 is 9.47 Å². The maximum atomic E-state index is 5.79. The lowest BCUT2D eigenvalue weighted by Crippen LogP contribution is -2.48. The van der Waals surface area contributed by atoms with Gasteiger partial charge in [0.15, 0.2) is 5.96 Å². The number of nitrogens with zero attached hydrogens (tertiary/aromatic N) is 1. The van der Waals surface area contributed by atoms with Gasteiger partial charge < -0.3 is 20.1 Å². The lowest BCUT2D eigenvalue weighted by molar-refractivity contribution is 0.0782. The van der Waals surface area contributed by atoms with E-state index in [0.29, 0.717) is 13.2 Å². The third kappa shape index (κ3) is 7.99. The molecule has 1 aliphatic rings. The van der Waals surface area contributed by atoms with Gasteiger partial charge in [-0.15, -0.1) is 24.0 Å². The van der Waals surface area contributed by atoms with Crippen LogP contribution < -0.4 is 15.4 Å². The molecule has 0 atom stereocenters. The highest BCUT2D eigenvalue weighted by atomic mass is 127. The van der Waals surface area contributed by atoms with Crippen LogP contribution in [-0.2, 0) is 11.3 Å². The molecule has 1 fully saturated rings. The van der Waals surface area contributed by atoms with E-state index in [9.17, 15) is 0 Å². The lowest BCUT2D eigenvalue weighted by Gasteiger charge is -2.37. The third-order valence-corrected chi connectivity index (χ3v) is 6.16. The molecule has 0 aliphatic carbocycles. The van der Waals surface area contributed by atoms with Crippen LogP contribution in [-0.4, -0.2) is 49.4 Å². The van der Waals surface area contributed by atoms with Gasteiger partial charge in [-0.1, -0.05) is 19.1 Å². The van der Waals surface area contributed by atoms with E-state index in [2.05, 4.69) is 49.6 Å². The number of benzene rings is 1. The Morgan fingerprint density at radius 3 is 2.61 bits per heavy atom. The van der Waals surface area contributed by atoms with E-state index in [1.54, 1.807) is 0 Å². The first-order chi connectivity index (χ1) is 13.1. The lowest BCUT2D eigenvalue weighted by atomic mass is 9.99. The molecule has 1 saturated heterocycles. The number of aryl methyl sites for hydroxylation is 1. The van der Waals surface area contributed by atoms with Crippen molar-refractivity contribution in [3.63, 3.8) is 0 Å². The summed E-state index contributed by atoms with van der Waals surface area (Å²) in [6.07, 6.45) is 2.18. The molecule has 2 N–H and O–H groups in total. The van der Waals surface area contributed by atoms with E-state index >= 15 is 0 Å². The predicted octanol–water partition coefficient (Wildman–Crippen LogP) is 4.37. The second kappa shape index (κ2) is 13.5. The van der Waals surface area contributed by atoms with Crippen molar-refractivity contribution in [2.75, 3.05) is 38.7 Å². The summed E-state index contributed by atoms with van der Waals surface area (Å²) in [7, 11) is 0. The average molecular weight is 522 g/mol. The zero-order valence-electron chi connectivity index (χ0n) is 17.7. The summed E-state index contributed by atoms with van der Waals surface area (Å²) in [6, 6.07) is 6.31. The monoisotopic (exact) mass is 521 g/mol. The number of ether oxygens (including phenoxy) is 2. The van der Waals surface area contributed by atoms with E-state index < -0.39 is 0 Å². The Bertz CT molecular complexity index is 602. The van der Waals surface area contributed by atoms with Crippen LogP contribution in [0.25, 0.3) is 0 Å². The Balaban J connectivity index is 0.00000392. The fourth-order valence-corrected chi connectivity index (χ4v) is 4.50. The van der Waals surface area contributed by atoms with E-state index in [1.165, 1.54) is 5.56 Å². The summed E-state index contributed by atoms with van der Waals surface area (Å²) < 4.78 is 11.6. The fraction of sp³-hybridized carbons (Fsp3) is 0.667. The number of guanidine groups is 1. The van der Waals surface area contributed by atoms with E-state index in [0.717, 1.165) is 62.2 Å². The molecule has 1 aliphatic heterocycles. The van der Waals surface area contributed by atoms with Gasteiger partial charge in [-0.05, 0) is 51.0 Å². The summed E-state index contributed by atoms with van der Waals surface area (Å²) in [5.74, 6) is 2.92. The van der Waals surface area contributed by atoms with Gasteiger partial charge in [-0.3, -0.25) is 0 Å². The number of rotatable bonds is 9. The first-order valence-electron chi connectivity index (χ1n) is 10.1. The van der Waals surface area contributed by atoms with Crippen molar-refractivity contribution in [2.45, 2.75) is 51.8 Å². The maximum Gasteiger partial charge on any atom is 0.191 e. The summed E-state index contributed by atoms with van der Waals surface area (Å²) in [5.41, 5.74) is 2.32. The minimum atomic E-state index is 0. The van der Waals surface area contributed by atoms with Gasteiger partial charge in [0, 0.05) is 36.6 Å². The van der Waals surface area contributed by atoms with Crippen molar-refractivity contribution in [3.05, 3.63) is 29.3 Å². The van der Waals surface area contributed by atoms with Crippen molar-refractivity contribution in [1.29, 1.82) is 0 Å². The largest absolute Gasteiger partial charge is 0.494 e. The minimum Gasteiger partial charge on any atom is -0.494 e. The first kappa shape index (κ1) is 25.4. The van der Waals surface area contributed by atoms with Crippen molar-refractivity contribution in [1.82, 2.24) is 10.6 Å². The summed E-state index contributed by atoms with van der Waals surface area (Å²) >= 11 is 2.04. The van der Waals surface area contributed by atoms with Crippen molar-refractivity contribution in [2.24, 2.45) is 4.99 Å². The highest BCUT2D eigenvalue weighted by molar-refractivity contribution is 14.0. The number of nitrogens with one attached hydrogen (secondary N) is 2. The molecule has 2 rings (SSSR count). The number of hydrogen-bond donors (Lipinski definition) is 2. The first-order valence-corrected chi connectivity index (χ1v) is 11.1. The van der Waals surface area contributed by atoms with Crippen LogP contribution in [0.4, 0.5) is 0 Å². The molecule has 160 valence electrons. The smallest absolute Gasteiger partial charge is 0.191 e. The van der Waals surface area contributed by atoms with Gasteiger partial charge in [0.2, 0.25) is 0 Å². The zero-order chi connectivity index (χ0) is 19.5. The van der Waals surface area contributed by atoms with E-state index in [-0.39, 0.29) is 28.7 Å². The number of aliphatic imine (C=N–C) groups is 1. The van der Waals surface area contributed by atoms with E-state index in [4.69, 9.17) is 14.5 Å². The standard InChI is InChI=1S/C21H35N3O2S.HI/c1-5-22-20(24-16-21(27-7-3)10-12-25-13-11-21)23-15-18-9-8-17(4)14-19(18)26-6-2;/h8-9,14H,5-7,10-13,15-16H2,1-4H3,(H2,22,23,24);1H. The molecule has 1 aromatic carbocycles. The highest BCUT2D eigenvalue weighted by Gasteiger charge is 2.32. The van der Waals surface area contributed by atoms with Crippen molar-refractivity contribution in [3.8, 4) is 5.75 Å². The molecule has 28 heavy (non-hydrogen) atoms. The molecule has 0 saturated carbocycles. The van der Waals surface area contributed by atoms with Crippen LogP contribution in [0, 0.1) is 6.92 Å². The molecule has 0 amide bonds. The van der Waals surface area contributed by atoms with Crippen LogP contribution in [0.5, 0.6) is 5.75 Å². The van der Waals surface area contributed by atoms with Gasteiger partial charge in [-0.2, -0.15) is 11.8 Å². The van der Waals surface area contributed by atoms with Gasteiger partial charge in [0.25, 0.3) is 0 Å². The molecule has 0 radical (unpaired) electrons. The molecule has 0 spiro atoms. The predicted molar refractivity (Wildman–Crippen MR) is 131 cm³/mol. The molecule has 1 aromatic rings. The molecule has 1 heterocycles. The van der Waals surface area contributed by atoms with Gasteiger partial charge in [0.1, 0.15) is 5.75 Å². The topological polar surface area (TPSA) is 54.9 Å². The van der Waals surface area contributed by atoms with Gasteiger partial charge in [-0.25, -0.2) is 4.99 Å². The number of thioether (sulfide) groups is 1. The summed E-state index contributed by atoms with van der Waals surface area (Å²) in [5, 5.41) is 6.94. The quantitative estimate of drug-likeness (QED) is 0.287. The SMILES string of the molecule is CCNC(=NCc1ccc(C)cc1OCC)NCC1(SCC)CCOCC1.I. The number of halogens is 1. The zero-order valence-corrected chi connectivity index (χ0v) is 20.8. The Morgan fingerprint density at radius 2 is 1.96 bits per heavy atom. The van der Waals surface area contributed by atoms with Crippen LogP contribution in [0.15, 0.2) is 23.2 Å². The second-order valence-corrected chi connectivity index (χ2v) is 8.55. The van der Waals surface area contributed by atoms with Crippen LogP contribution in [0.2, 0.25) is 0 Å². The summed E-state index contributed by atoms with van der Waals surface area (Å²) in [4.78, 5) is 4.81. The summed E-state index contributed by atoms with van der Waals surface area (Å²) in [6.45, 7) is 13.1. The second-order valence-electron chi connectivity index (χ2n) is 6.82. The average Bonchev–Trinajstić information content (AvgIpc) is 2.66. The molecule has 7 heteroatoms. The van der Waals surface area contributed by atoms with Crippen LogP contribution in [0.1, 0.15) is 44.7 Å². The fourth-order valence-electron chi connectivity index (χ4n) is 3.25. The third-order valence-electron chi connectivity index (χ3n) is 4.71. The molecule has 5 nitrogen and oxygen atoms in total. The molecular weight excluding hydrogens is 485 g/mol. The minimum absolute atomic E-state index is 0. The van der Waals surface area contributed by atoms with Crippen LogP contribution in [0.3, 0.4) is 0 Å².